The Morgan fingerprint density at radius 3 is 2.21 bits per heavy atom. The minimum Gasteiger partial charge on any atom is -0.497 e. The zero-order valence-corrected chi connectivity index (χ0v) is 13.1. The fourth-order valence-corrected chi connectivity index (χ4v) is 3.41. The van der Waals surface area contributed by atoms with Crippen molar-refractivity contribution >= 4 is 31.9 Å². The first-order valence-corrected chi connectivity index (χ1v) is 7.17. The molecular weight excluding hydrogens is 382 g/mol. The van der Waals surface area contributed by atoms with Gasteiger partial charge >= 0.3 is 0 Å². The van der Waals surface area contributed by atoms with Crippen LogP contribution in [0, 0.1) is 11.6 Å². The van der Waals surface area contributed by atoms with Crippen LogP contribution in [0.2, 0.25) is 0 Å². The van der Waals surface area contributed by atoms with Gasteiger partial charge in [0.25, 0.3) is 0 Å². The Hall–Kier alpha value is -0.940. The highest BCUT2D eigenvalue weighted by Gasteiger charge is 2.22. The smallest absolute Gasteiger partial charge is 0.134 e. The van der Waals surface area contributed by atoms with Crippen LogP contribution in [0.25, 0.3) is 0 Å². The molecule has 0 amide bonds. The molecule has 0 fully saturated rings. The summed E-state index contributed by atoms with van der Waals surface area (Å²) in [7, 11) is 1.37. The SMILES string of the molecule is COc1cc(F)c(C(Br)c2ccccc2Br)c(F)c1. The predicted octanol–water partition coefficient (Wildman–Crippen LogP) is 5.22. The number of hydrogen-bond donors (Lipinski definition) is 0. The maximum absolute atomic E-state index is 14.0. The van der Waals surface area contributed by atoms with Gasteiger partial charge in [-0.25, -0.2) is 8.78 Å². The van der Waals surface area contributed by atoms with E-state index in [1.165, 1.54) is 19.2 Å². The molecule has 2 rings (SSSR count). The second-order valence-electron chi connectivity index (χ2n) is 3.89. The van der Waals surface area contributed by atoms with Crippen LogP contribution in [0.4, 0.5) is 8.78 Å². The molecule has 2 aromatic rings. The molecule has 1 atom stereocenters. The summed E-state index contributed by atoms with van der Waals surface area (Å²) in [5.74, 6) is -1.13. The van der Waals surface area contributed by atoms with Crippen molar-refractivity contribution in [2.24, 2.45) is 0 Å². The Bertz CT molecular complexity index is 579. The molecule has 0 N–H and O–H groups in total. The highest BCUT2D eigenvalue weighted by Crippen LogP contribution is 2.38. The quantitative estimate of drug-likeness (QED) is 0.651. The zero-order chi connectivity index (χ0) is 14.0. The molecule has 0 aliphatic heterocycles. The maximum Gasteiger partial charge on any atom is 0.134 e. The molecule has 2 aromatic carbocycles. The lowest BCUT2D eigenvalue weighted by atomic mass is 10.0. The lowest BCUT2D eigenvalue weighted by Crippen LogP contribution is -2.02. The summed E-state index contributed by atoms with van der Waals surface area (Å²) in [4.78, 5) is -0.575. The molecule has 5 heteroatoms. The van der Waals surface area contributed by atoms with E-state index in [1.54, 1.807) is 6.07 Å². The van der Waals surface area contributed by atoms with E-state index in [-0.39, 0.29) is 11.3 Å². The Balaban J connectivity index is 2.50. The second kappa shape index (κ2) is 6.01. The number of ether oxygens (including phenoxy) is 1. The van der Waals surface area contributed by atoms with Crippen molar-refractivity contribution in [2.45, 2.75) is 4.83 Å². The zero-order valence-electron chi connectivity index (χ0n) is 9.96. The molecule has 1 unspecified atom stereocenters. The van der Waals surface area contributed by atoms with Gasteiger partial charge in [0.15, 0.2) is 0 Å². The lowest BCUT2D eigenvalue weighted by molar-refractivity contribution is 0.405. The van der Waals surface area contributed by atoms with Crippen molar-refractivity contribution < 1.29 is 13.5 Å². The van der Waals surface area contributed by atoms with Crippen molar-refractivity contribution in [3.63, 3.8) is 0 Å². The number of rotatable bonds is 3. The van der Waals surface area contributed by atoms with Gasteiger partial charge in [0.1, 0.15) is 17.4 Å². The Morgan fingerprint density at radius 2 is 1.68 bits per heavy atom. The molecule has 0 aromatic heterocycles. The minimum atomic E-state index is -0.644. The average molecular weight is 392 g/mol. The van der Waals surface area contributed by atoms with Crippen LogP contribution in [-0.4, -0.2) is 7.11 Å². The van der Waals surface area contributed by atoms with Crippen LogP contribution < -0.4 is 4.74 Å². The molecule has 0 spiro atoms. The number of benzene rings is 2. The normalized spacial score (nSPS) is 12.3. The number of halogens is 4. The molecule has 0 heterocycles. The molecular formula is C14H10Br2F2O. The summed E-state index contributed by atoms with van der Waals surface area (Å²) in [5.41, 5.74) is 0.721. The summed E-state index contributed by atoms with van der Waals surface area (Å²) in [5, 5.41) is 0. The van der Waals surface area contributed by atoms with Crippen LogP contribution >= 0.6 is 31.9 Å². The summed E-state index contributed by atoms with van der Waals surface area (Å²) < 4.78 is 33.6. The molecule has 0 radical (unpaired) electrons. The summed E-state index contributed by atoms with van der Waals surface area (Å²) in [6, 6.07) is 9.62. The fraction of sp³-hybridized carbons (Fsp3) is 0.143. The summed E-state index contributed by atoms with van der Waals surface area (Å²) >= 11 is 6.71. The third-order valence-corrected chi connectivity index (χ3v) is 4.39. The van der Waals surface area contributed by atoms with Crippen molar-refractivity contribution in [3.8, 4) is 5.75 Å². The highest BCUT2D eigenvalue weighted by molar-refractivity contribution is 9.11. The van der Waals surface area contributed by atoms with Crippen LogP contribution in [0.5, 0.6) is 5.75 Å². The highest BCUT2D eigenvalue weighted by atomic mass is 79.9. The monoisotopic (exact) mass is 390 g/mol. The van der Waals surface area contributed by atoms with E-state index in [2.05, 4.69) is 31.9 Å². The lowest BCUT2D eigenvalue weighted by Gasteiger charge is -2.15. The van der Waals surface area contributed by atoms with Gasteiger partial charge in [0, 0.05) is 22.2 Å². The molecule has 1 nitrogen and oxygen atoms in total. The summed E-state index contributed by atoms with van der Waals surface area (Å²) in [6.45, 7) is 0. The first-order valence-electron chi connectivity index (χ1n) is 5.46. The van der Waals surface area contributed by atoms with Crippen LogP contribution in [0.15, 0.2) is 40.9 Å². The van der Waals surface area contributed by atoms with Crippen molar-refractivity contribution in [1.82, 2.24) is 0 Å². The number of alkyl halides is 1. The van der Waals surface area contributed by atoms with E-state index < -0.39 is 16.5 Å². The van der Waals surface area contributed by atoms with Crippen LogP contribution in [0.1, 0.15) is 16.0 Å². The third kappa shape index (κ3) is 2.98. The van der Waals surface area contributed by atoms with E-state index in [0.29, 0.717) is 0 Å². The molecule has 19 heavy (non-hydrogen) atoms. The maximum atomic E-state index is 14.0. The van der Waals surface area contributed by atoms with Crippen LogP contribution in [0.3, 0.4) is 0 Å². The first-order chi connectivity index (χ1) is 9.04. The van der Waals surface area contributed by atoms with Gasteiger partial charge in [-0.15, -0.1) is 0 Å². The fourth-order valence-electron chi connectivity index (χ4n) is 1.76. The van der Waals surface area contributed by atoms with E-state index >= 15 is 0 Å². The molecule has 0 aliphatic rings. The van der Waals surface area contributed by atoms with Gasteiger partial charge in [-0.3, -0.25) is 0 Å². The van der Waals surface area contributed by atoms with Crippen molar-refractivity contribution in [2.75, 3.05) is 7.11 Å². The van der Waals surface area contributed by atoms with Gasteiger partial charge in [0.2, 0.25) is 0 Å². The van der Waals surface area contributed by atoms with E-state index in [1.807, 2.05) is 18.2 Å². The molecule has 0 saturated heterocycles. The van der Waals surface area contributed by atoms with Gasteiger partial charge in [-0.2, -0.15) is 0 Å². The molecule has 0 bridgehead atoms. The van der Waals surface area contributed by atoms with E-state index in [0.717, 1.165) is 10.0 Å². The second-order valence-corrected chi connectivity index (χ2v) is 5.66. The Morgan fingerprint density at radius 1 is 1.11 bits per heavy atom. The number of methoxy groups -OCH3 is 1. The topological polar surface area (TPSA) is 9.23 Å². The van der Waals surface area contributed by atoms with Gasteiger partial charge in [0.05, 0.1) is 11.9 Å². The standard InChI is InChI=1S/C14H10Br2F2O/c1-19-8-6-11(17)13(12(18)7-8)14(16)9-4-2-3-5-10(9)15/h2-7,14H,1H3. The molecule has 0 aliphatic carbocycles. The minimum absolute atomic E-state index is 0.0345. The van der Waals surface area contributed by atoms with Gasteiger partial charge in [-0.1, -0.05) is 50.1 Å². The molecule has 100 valence electrons. The van der Waals surface area contributed by atoms with Crippen LogP contribution in [-0.2, 0) is 0 Å². The van der Waals surface area contributed by atoms with E-state index in [4.69, 9.17) is 4.74 Å². The van der Waals surface area contributed by atoms with Gasteiger partial charge < -0.3 is 4.74 Å². The number of hydrogen-bond acceptors (Lipinski definition) is 1. The van der Waals surface area contributed by atoms with Crippen molar-refractivity contribution in [1.29, 1.82) is 0 Å². The molecule has 0 saturated carbocycles. The Labute approximate surface area is 126 Å². The largest absolute Gasteiger partial charge is 0.497 e. The Kier molecular flexibility index (Phi) is 4.58. The predicted molar refractivity (Wildman–Crippen MR) is 77.8 cm³/mol. The summed E-state index contributed by atoms with van der Waals surface area (Å²) in [6.07, 6.45) is 0. The third-order valence-electron chi connectivity index (χ3n) is 2.72. The van der Waals surface area contributed by atoms with E-state index in [9.17, 15) is 8.78 Å². The average Bonchev–Trinajstić information content (AvgIpc) is 2.38. The van der Waals surface area contributed by atoms with Gasteiger partial charge in [-0.05, 0) is 11.6 Å². The van der Waals surface area contributed by atoms with Crippen molar-refractivity contribution in [3.05, 3.63) is 63.6 Å². The first kappa shape index (κ1) is 14.5.